The van der Waals surface area contributed by atoms with Gasteiger partial charge in [0.15, 0.2) is 0 Å². The second-order valence-corrected chi connectivity index (χ2v) is 5.84. The largest absolute Gasteiger partial charge is 0.497 e. The number of aromatic nitrogens is 2. The van der Waals surface area contributed by atoms with Crippen LogP contribution in [0.3, 0.4) is 0 Å². The molecule has 2 amide bonds. The molecule has 0 aliphatic heterocycles. The first kappa shape index (κ1) is 21.5. The summed E-state index contributed by atoms with van der Waals surface area (Å²) >= 11 is 0. The van der Waals surface area contributed by atoms with E-state index in [4.69, 9.17) is 10.5 Å². The van der Waals surface area contributed by atoms with Crippen LogP contribution in [0, 0.1) is 5.92 Å². The Labute approximate surface area is 158 Å². The summed E-state index contributed by atoms with van der Waals surface area (Å²) in [5.74, 6) is -0.0134. The van der Waals surface area contributed by atoms with Crippen LogP contribution >= 0.6 is 12.4 Å². The Balaban J connectivity index is 0.00000338. The lowest BCUT2D eigenvalue weighted by Gasteiger charge is -2.14. The number of methoxy groups -OCH3 is 1. The van der Waals surface area contributed by atoms with E-state index in [0.717, 1.165) is 0 Å². The van der Waals surface area contributed by atoms with Crippen LogP contribution in [0.2, 0.25) is 0 Å². The highest BCUT2D eigenvalue weighted by molar-refractivity contribution is 5.93. The Morgan fingerprint density at radius 2 is 1.85 bits per heavy atom. The van der Waals surface area contributed by atoms with E-state index in [1.807, 2.05) is 0 Å². The van der Waals surface area contributed by atoms with Crippen molar-refractivity contribution in [2.45, 2.75) is 26.4 Å². The minimum absolute atomic E-state index is 0. The zero-order valence-corrected chi connectivity index (χ0v) is 15.7. The second kappa shape index (κ2) is 9.79. The summed E-state index contributed by atoms with van der Waals surface area (Å²) < 4.78 is 6.52. The molecule has 0 aliphatic carbocycles. The molecule has 8 nitrogen and oxygen atoms in total. The average molecular weight is 382 g/mol. The number of carbonyl (C=O) groups excluding carboxylic acids is 2. The highest BCUT2D eigenvalue weighted by atomic mass is 35.5. The van der Waals surface area contributed by atoms with E-state index in [1.54, 1.807) is 51.4 Å². The van der Waals surface area contributed by atoms with Crippen molar-refractivity contribution in [2.75, 3.05) is 17.7 Å². The highest BCUT2D eigenvalue weighted by Crippen LogP contribution is 2.15. The number of rotatable bonds is 7. The van der Waals surface area contributed by atoms with Crippen LogP contribution in [0.5, 0.6) is 5.75 Å². The Kier molecular flexibility index (Phi) is 8.08. The minimum atomic E-state index is -0.318. The number of hydrogen-bond acceptors (Lipinski definition) is 5. The van der Waals surface area contributed by atoms with Crippen LogP contribution in [-0.2, 0) is 16.1 Å². The highest BCUT2D eigenvalue weighted by Gasteiger charge is 2.17. The first-order chi connectivity index (χ1) is 11.9. The third-order valence-electron chi connectivity index (χ3n) is 3.78. The molecule has 2 rings (SSSR count). The summed E-state index contributed by atoms with van der Waals surface area (Å²) in [4.78, 5) is 24.0. The number of nitrogens with zero attached hydrogens (tertiary/aromatic N) is 2. The lowest BCUT2D eigenvalue weighted by molar-refractivity contribution is -0.120. The molecule has 0 saturated carbocycles. The van der Waals surface area contributed by atoms with Crippen molar-refractivity contribution < 1.29 is 14.3 Å². The summed E-state index contributed by atoms with van der Waals surface area (Å²) in [7, 11) is 1.58. The first-order valence-corrected chi connectivity index (χ1v) is 7.92. The van der Waals surface area contributed by atoms with Crippen LogP contribution in [0.4, 0.5) is 11.4 Å². The van der Waals surface area contributed by atoms with Gasteiger partial charge in [-0.1, -0.05) is 6.92 Å². The maximum atomic E-state index is 12.1. The van der Waals surface area contributed by atoms with E-state index in [0.29, 0.717) is 17.1 Å². The van der Waals surface area contributed by atoms with Gasteiger partial charge in [-0.3, -0.25) is 14.3 Å². The van der Waals surface area contributed by atoms with Gasteiger partial charge in [0.05, 0.1) is 24.9 Å². The predicted molar refractivity (Wildman–Crippen MR) is 103 cm³/mol. The monoisotopic (exact) mass is 381 g/mol. The Morgan fingerprint density at radius 1 is 1.19 bits per heavy atom. The van der Waals surface area contributed by atoms with Crippen molar-refractivity contribution >= 4 is 35.6 Å². The maximum absolute atomic E-state index is 12.1. The van der Waals surface area contributed by atoms with E-state index < -0.39 is 0 Å². The molecule has 0 saturated heterocycles. The average Bonchev–Trinajstić information content (AvgIpc) is 3.01. The summed E-state index contributed by atoms with van der Waals surface area (Å²) in [5, 5.41) is 9.57. The number of amides is 2. The van der Waals surface area contributed by atoms with Gasteiger partial charge in [-0.05, 0) is 31.2 Å². The molecule has 9 heteroatoms. The molecule has 2 aromatic rings. The van der Waals surface area contributed by atoms with Crippen molar-refractivity contribution in [1.29, 1.82) is 0 Å². The van der Waals surface area contributed by atoms with E-state index >= 15 is 0 Å². The van der Waals surface area contributed by atoms with Gasteiger partial charge < -0.3 is 21.1 Å². The number of halogens is 1. The lowest BCUT2D eigenvalue weighted by Crippen LogP contribution is -2.34. The van der Waals surface area contributed by atoms with Gasteiger partial charge >= 0.3 is 0 Å². The zero-order valence-electron chi connectivity index (χ0n) is 14.9. The minimum Gasteiger partial charge on any atom is -0.497 e. The molecule has 0 spiro atoms. The summed E-state index contributed by atoms with van der Waals surface area (Å²) in [6.07, 6.45) is 3.09. The molecule has 0 aliphatic rings. The fourth-order valence-corrected chi connectivity index (χ4v) is 2.03. The molecule has 26 heavy (non-hydrogen) atoms. The normalized spacial score (nSPS) is 12.5. The van der Waals surface area contributed by atoms with Crippen LogP contribution in [0.15, 0.2) is 36.7 Å². The Bertz CT molecular complexity index is 730. The van der Waals surface area contributed by atoms with Crippen molar-refractivity contribution in [3.05, 3.63) is 36.7 Å². The van der Waals surface area contributed by atoms with E-state index in [1.165, 1.54) is 10.9 Å². The van der Waals surface area contributed by atoms with Crippen LogP contribution in [-0.4, -0.2) is 34.7 Å². The molecule has 1 aromatic heterocycles. The topological polar surface area (TPSA) is 111 Å². The van der Waals surface area contributed by atoms with Crippen molar-refractivity contribution in [2.24, 2.45) is 11.7 Å². The summed E-state index contributed by atoms with van der Waals surface area (Å²) in [5.41, 5.74) is 6.90. The van der Waals surface area contributed by atoms with Crippen molar-refractivity contribution in [3.63, 3.8) is 0 Å². The molecule has 1 aromatic carbocycles. The van der Waals surface area contributed by atoms with E-state index in [-0.39, 0.29) is 42.7 Å². The third-order valence-corrected chi connectivity index (χ3v) is 3.78. The number of benzene rings is 1. The van der Waals surface area contributed by atoms with Crippen LogP contribution < -0.4 is 21.1 Å². The third kappa shape index (κ3) is 6.05. The molecule has 2 atom stereocenters. The molecule has 0 fully saturated rings. The van der Waals surface area contributed by atoms with E-state index in [2.05, 4.69) is 15.7 Å². The van der Waals surface area contributed by atoms with E-state index in [9.17, 15) is 9.59 Å². The number of hydrogen-bond donors (Lipinski definition) is 3. The summed E-state index contributed by atoms with van der Waals surface area (Å²) in [6.45, 7) is 3.56. The SMILES string of the molecule is COc1ccc(NC(=O)Cn2cc(NC(=O)C(C)C(C)N)cn2)cc1.Cl. The molecule has 2 unspecified atom stereocenters. The number of anilines is 2. The standard InChI is InChI=1S/C17H23N5O3.ClH/c1-11(12(2)18)17(24)21-14-8-19-22(9-14)10-16(23)20-13-4-6-15(25-3)7-5-13;/h4-9,11-12H,10,18H2,1-3H3,(H,20,23)(H,21,24);1H. The van der Waals surface area contributed by atoms with Gasteiger partial charge in [0.25, 0.3) is 0 Å². The Morgan fingerprint density at radius 3 is 2.42 bits per heavy atom. The molecular formula is C17H24ClN5O3. The van der Waals surface area contributed by atoms with Gasteiger partial charge in [-0.25, -0.2) is 0 Å². The zero-order chi connectivity index (χ0) is 18.4. The predicted octanol–water partition coefficient (Wildman–Crippen LogP) is 1.87. The maximum Gasteiger partial charge on any atom is 0.246 e. The van der Waals surface area contributed by atoms with Gasteiger partial charge in [-0.2, -0.15) is 5.10 Å². The first-order valence-electron chi connectivity index (χ1n) is 7.92. The van der Waals surface area contributed by atoms with Crippen molar-refractivity contribution in [3.8, 4) is 5.75 Å². The van der Waals surface area contributed by atoms with Gasteiger partial charge in [0.1, 0.15) is 12.3 Å². The smallest absolute Gasteiger partial charge is 0.246 e. The quantitative estimate of drug-likeness (QED) is 0.678. The fraction of sp³-hybridized carbons (Fsp3) is 0.353. The molecule has 4 N–H and O–H groups in total. The van der Waals surface area contributed by atoms with Crippen LogP contribution in [0.25, 0.3) is 0 Å². The molecule has 1 heterocycles. The lowest BCUT2D eigenvalue weighted by atomic mass is 10.0. The molecule has 0 radical (unpaired) electrons. The van der Waals surface area contributed by atoms with Gasteiger partial charge in [0, 0.05) is 17.9 Å². The van der Waals surface area contributed by atoms with Gasteiger partial charge in [0.2, 0.25) is 11.8 Å². The number of ether oxygens (including phenoxy) is 1. The molecule has 142 valence electrons. The second-order valence-electron chi connectivity index (χ2n) is 5.84. The van der Waals surface area contributed by atoms with Gasteiger partial charge in [-0.15, -0.1) is 12.4 Å². The fourth-order valence-electron chi connectivity index (χ4n) is 2.03. The van der Waals surface area contributed by atoms with Crippen molar-refractivity contribution in [1.82, 2.24) is 9.78 Å². The number of carbonyl (C=O) groups is 2. The molecular weight excluding hydrogens is 358 g/mol. The Hall–Kier alpha value is -2.58. The summed E-state index contributed by atoms with van der Waals surface area (Å²) in [6, 6.07) is 6.78. The molecule has 0 bridgehead atoms. The number of nitrogens with two attached hydrogens (primary N) is 1. The number of nitrogens with one attached hydrogen (secondary N) is 2. The van der Waals surface area contributed by atoms with Crippen LogP contribution in [0.1, 0.15) is 13.8 Å².